The van der Waals surface area contributed by atoms with E-state index in [1.165, 1.54) is 7.11 Å². The van der Waals surface area contributed by atoms with Crippen LogP contribution in [0.3, 0.4) is 0 Å². The third-order valence-corrected chi connectivity index (χ3v) is 2.17. The van der Waals surface area contributed by atoms with Crippen molar-refractivity contribution in [3.05, 3.63) is 29.8 Å². The molecule has 0 saturated carbocycles. The second kappa shape index (κ2) is 5.51. The van der Waals surface area contributed by atoms with Crippen LogP contribution in [0.4, 0.5) is 0 Å². The Labute approximate surface area is 90.0 Å². The number of carbonyl (C=O) groups is 1. The predicted octanol–water partition coefficient (Wildman–Crippen LogP) is 2.30. The first-order valence-corrected chi connectivity index (χ1v) is 4.99. The summed E-state index contributed by atoms with van der Waals surface area (Å²) in [5, 5.41) is 0. The van der Waals surface area contributed by atoms with E-state index in [4.69, 9.17) is 9.47 Å². The first kappa shape index (κ1) is 11.7. The Kier molecular flexibility index (Phi) is 4.31. The Morgan fingerprint density at radius 3 is 2.40 bits per heavy atom. The molecule has 0 heterocycles. The summed E-state index contributed by atoms with van der Waals surface area (Å²) in [7, 11) is 1.52. The molecule has 3 heteroatoms. The maximum Gasteiger partial charge on any atom is 0.191 e. The summed E-state index contributed by atoms with van der Waals surface area (Å²) in [5.74, 6) is 0.764. The van der Waals surface area contributed by atoms with Gasteiger partial charge in [-0.15, -0.1) is 0 Å². The van der Waals surface area contributed by atoms with Crippen molar-refractivity contribution in [2.24, 2.45) is 0 Å². The standard InChI is InChI=1S/C12H16O3/c1-4-15-11-7-5-10(6-8-11)12(13)9(2)14-3/h5-9H,4H2,1-3H3. The largest absolute Gasteiger partial charge is 0.494 e. The van der Waals surface area contributed by atoms with E-state index in [0.717, 1.165) is 5.75 Å². The van der Waals surface area contributed by atoms with Crippen molar-refractivity contribution in [2.45, 2.75) is 20.0 Å². The van der Waals surface area contributed by atoms with Crippen molar-refractivity contribution in [3.8, 4) is 5.75 Å². The summed E-state index contributed by atoms with van der Waals surface area (Å²) in [6.45, 7) is 4.28. The van der Waals surface area contributed by atoms with Crippen molar-refractivity contribution >= 4 is 5.78 Å². The van der Waals surface area contributed by atoms with Crippen LogP contribution in [0.25, 0.3) is 0 Å². The summed E-state index contributed by atoms with van der Waals surface area (Å²) >= 11 is 0. The Balaban J connectivity index is 2.75. The highest BCUT2D eigenvalue weighted by atomic mass is 16.5. The summed E-state index contributed by atoms with van der Waals surface area (Å²) in [6.07, 6.45) is -0.400. The summed E-state index contributed by atoms with van der Waals surface area (Å²) < 4.78 is 10.2. The lowest BCUT2D eigenvalue weighted by molar-refractivity contribution is 0.0655. The number of carbonyl (C=O) groups excluding carboxylic acids is 1. The van der Waals surface area contributed by atoms with Crippen LogP contribution in [-0.2, 0) is 4.74 Å². The van der Waals surface area contributed by atoms with Crippen molar-refractivity contribution < 1.29 is 14.3 Å². The second-order valence-electron chi connectivity index (χ2n) is 3.20. The maximum atomic E-state index is 11.7. The molecule has 0 saturated heterocycles. The number of ketones is 1. The molecule has 0 aliphatic carbocycles. The molecular formula is C12H16O3. The zero-order valence-electron chi connectivity index (χ0n) is 9.32. The normalized spacial score (nSPS) is 12.2. The maximum absolute atomic E-state index is 11.7. The highest BCUT2D eigenvalue weighted by Crippen LogP contribution is 2.13. The van der Waals surface area contributed by atoms with Crippen LogP contribution >= 0.6 is 0 Å². The molecule has 0 fully saturated rings. The fourth-order valence-electron chi connectivity index (χ4n) is 1.22. The molecule has 0 aliphatic rings. The molecule has 0 amide bonds. The highest BCUT2D eigenvalue weighted by molar-refractivity contribution is 5.99. The molecule has 1 aromatic rings. The quantitative estimate of drug-likeness (QED) is 0.696. The molecule has 1 rings (SSSR count). The van der Waals surface area contributed by atoms with Crippen LogP contribution < -0.4 is 4.74 Å². The van der Waals surface area contributed by atoms with E-state index < -0.39 is 6.10 Å². The molecule has 0 aromatic heterocycles. The predicted molar refractivity (Wildman–Crippen MR) is 58.4 cm³/mol. The average Bonchev–Trinajstić information content (AvgIpc) is 2.28. The van der Waals surface area contributed by atoms with Gasteiger partial charge < -0.3 is 9.47 Å². The van der Waals surface area contributed by atoms with Gasteiger partial charge in [0, 0.05) is 12.7 Å². The third-order valence-electron chi connectivity index (χ3n) is 2.17. The topological polar surface area (TPSA) is 35.5 Å². The minimum Gasteiger partial charge on any atom is -0.494 e. The fourth-order valence-corrected chi connectivity index (χ4v) is 1.22. The number of methoxy groups -OCH3 is 1. The van der Waals surface area contributed by atoms with Gasteiger partial charge in [-0.2, -0.15) is 0 Å². The minimum absolute atomic E-state index is 0.0134. The number of Topliss-reactive ketones (excluding diaryl/α,β-unsaturated/α-hetero) is 1. The molecular weight excluding hydrogens is 192 g/mol. The molecule has 3 nitrogen and oxygen atoms in total. The van der Waals surface area contributed by atoms with E-state index in [1.54, 1.807) is 31.2 Å². The van der Waals surface area contributed by atoms with E-state index in [-0.39, 0.29) is 5.78 Å². The molecule has 0 N–H and O–H groups in total. The van der Waals surface area contributed by atoms with E-state index in [9.17, 15) is 4.79 Å². The van der Waals surface area contributed by atoms with Gasteiger partial charge in [-0.25, -0.2) is 0 Å². The van der Waals surface area contributed by atoms with Gasteiger partial charge in [0.2, 0.25) is 0 Å². The number of benzene rings is 1. The highest BCUT2D eigenvalue weighted by Gasteiger charge is 2.13. The first-order valence-electron chi connectivity index (χ1n) is 4.99. The van der Waals surface area contributed by atoms with Crippen LogP contribution in [0.5, 0.6) is 5.75 Å². The molecule has 0 aliphatic heterocycles. The van der Waals surface area contributed by atoms with Gasteiger partial charge >= 0.3 is 0 Å². The molecule has 15 heavy (non-hydrogen) atoms. The van der Waals surface area contributed by atoms with Crippen LogP contribution in [0.15, 0.2) is 24.3 Å². The number of rotatable bonds is 5. The van der Waals surface area contributed by atoms with Gasteiger partial charge in [-0.3, -0.25) is 4.79 Å². The Morgan fingerprint density at radius 1 is 1.33 bits per heavy atom. The fraction of sp³-hybridized carbons (Fsp3) is 0.417. The number of hydrogen-bond acceptors (Lipinski definition) is 3. The average molecular weight is 208 g/mol. The van der Waals surface area contributed by atoms with Gasteiger partial charge in [0.15, 0.2) is 5.78 Å². The van der Waals surface area contributed by atoms with Crippen LogP contribution in [0, 0.1) is 0 Å². The lowest BCUT2D eigenvalue weighted by Crippen LogP contribution is -2.18. The zero-order valence-corrected chi connectivity index (χ0v) is 9.32. The third kappa shape index (κ3) is 3.06. The Morgan fingerprint density at radius 2 is 1.93 bits per heavy atom. The summed E-state index contributed by atoms with van der Waals surface area (Å²) in [4.78, 5) is 11.7. The van der Waals surface area contributed by atoms with E-state index in [0.29, 0.717) is 12.2 Å². The lowest BCUT2D eigenvalue weighted by Gasteiger charge is -2.08. The van der Waals surface area contributed by atoms with E-state index in [2.05, 4.69) is 0 Å². The van der Waals surface area contributed by atoms with Crippen LogP contribution in [0.2, 0.25) is 0 Å². The number of hydrogen-bond donors (Lipinski definition) is 0. The second-order valence-corrected chi connectivity index (χ2v) is 3.20. The molecule has 1 aromatic carbocycles. The van der Waals surface area contributed by atoms with Gasteiger partial charge in [0.1, 0.15) is 11.9 Å². The molecule has 82 valence electrons. The van der Waals surface area contributed by atoms with Gasteiger partial charge in [0.25, 0.3) is 0 Å². The molecule has 0 bridgehead atoms. The van der Waals surface area contributed by atoms with Crippen LogP contribution in [0.1, 0.15) is 24.2 Å². The van der Waals surface area contributed by atoms with Gasteiger partial charge in [-0.1, -0.05) is 0 Å². The Bertz CT molecular complexity index is 316. The van der Waals surface area contributed by atoms with Crippen molar-refractivity contribution in [2.75, 3.05) is 13.7 Å². The van der Waals surface area contributed by atoms with Crippen molar-refractivity contribution in [1.29, 1.82) is 0 Å². The van der Waals surface area contributed by atoms with E-state index in [1.807, 2.05) is 6.92 Å². The van der Waals surface area contributed by atoms with Crippen molar-refractivity contribution in [1.82, 2.24) is 0 Å². The van der Waals surface area contributed by atoms with E-state index >= 15 is 0 Å². The van der Waals surface area contributed by atoms with Crippen LogP contribution in [-0.4, -0.2) is 25.6 Å². The monoisotopic (exact) mass is 208 g/mol. The molecule has 0 spiro atoms. The van der Waals surface area contributed by atoms with Gasteiger partial charge in [-0.05, 0) is 38.1 Å². The lowest BCUT2D eigenvalue weighted by atomic mass is 10.1. The summed E-state index contributed by atoms with van der Waals surface area (Å²) in [5.41, 5.74) is 0.646. The molecule has 0 radical (unpaired) electrons. The Hall–Kier alpha value is -1.35. The zero-order chi connectivity index (χ0) is 11.3. The smallest absolute Gasteiger partial charge is 0.191 e. The van der Waals surface area contributed by atoms with Gasteiger partial charge in [0.05, 0.1) is 6.61 Å². The minimum atomic E-state index is -0.400. The molecule has 1 unspecified atom stereocenters. The molecule has 1 atom stereocenters. The first-order chi connectivity index (χ1) is 7.19. The number of ether oxygens (including phenoxy) is 2. The SMILES string of the molecule is CCOc1ccc(C(=O)C(C)OC)cc1. The van der Waals surface area contributed by atoms with Crippen molar-refractivity contribution in [3.63, 3.8) is 0 Å². The summed E-state index contributed by atoms with van der Waals surface area (Å²) in [6, 6.07) is 7.09.